The minimum atomic E-state index is 0.104. The Morgan fingerprint density at radius 3 is 2.67 bits per heavy atom. The quantitative estimate of drug-likeness (QED) is 0.834. The Hall–Kier alpha value is -1.62. The summed E-state index contributed by atoms with van der Waals surface area (Å²) in [6.45, 7) is 6.18. The lowest BCUT2D eigenvalue weighted by molar-refractivity contribution is 0.819. The van der Waals surface area contributed by atoms with Crippen LogP contribution in [0.1, 0.15) is 43.9 Å². The van der Waals surface area contributed by atoms with Crippen LogP contribution in [0.5, 0.6) is 0 Å². The number of aromatic amines is 1. The van der Waals surface area contributed by atoms with Gasteiger partial charge in [0.15, 0.2) is 0 Å². The average molecular weight is 266 g/mol. The molecule has 0 aliphatic heterocycles. The Morgan fingerprint density at radius 2 is 2.06 bits per heavy atom. The van der Waals surface area contributed by atoms with Gasteiger partial charge in [-0.3, -0.25) is 5.10 Å². The van der Waals surface area contributed by atoms with Crippen molar-refractivity contribution >= 4 is 17.4 Å². The summed E-state index contributed by atoms with van der Waals surface area (Å²) in [5.41, 5.74) is 2.01. The van der Waals surface area contributed by atoms with Crippen LogP contribution in [0.2, 0.25) is 5.15 Å². The molecule has 18 heavy (non-hydrogen) atoms. The van der Waals surface area contributed by atoms with Crippen molar-refractivity contribution in [3.8, 4) is 0 Å². The van der Waals surface area contributed by atoms with Gasteiger partial charge in [-0.25, -0.2) is 9.97 Å². The summed E-state index contributed by atoms with van der Waals surface area (Å²) in [5, 5.41) is 10.6. The normalized spacial score (nSPS) is 12.7. The fraction of sp³-hybridized carbons (Fsp3) is 0.417. The predicted molar refractivity (Wildman–Crippen MR) is 71.8 cm³/mol. The molecule has 96 valence electrons. The van der Waals surface area contributed by atoms with Crippen molar-refractivity contribution in [1.82, 2.24) is 20.2 Å². The Morgan fingerprint density at radius 1 is 1.28 bits per heavy atom. The molecule has 0 aromatic carbocycles. The van der Waals surface area contributed by atoms with Gasteiger partial charge in [0.1, 0.15) is 17.3 Å². The highest BCUT2D eigenvalue weighted by atomic mass is 35.5. The molecule has 2 heterocycles. The van der Waals surface area contributed by atoms with Gasteiger partial charge in [0.05, 0.1) is 12.2 Å². The highest BCUT2D eigenvalue weighted by molar-refractivity contribution is 6.30. The molecule has 2 rings (SSSR count). The Bertz CT molecular complexity index is 509. The second-order valence-electron chi connectivity index (χ2n) is 4.48. The van der Waals surface area contributed by atoms with Crippen LogP contribution < -0.4 is 5.32 Å². The summed E-state index contributed by atoms with van der Waals surface area (Å²) in [4.78, 5) is 8.30. The molecule has 2 aromatic rings. The number of nitrogens with zero attached hydrogens (tertiary/aromatic N) is 3. The smallest absolute Gasteiger partial charge is 0.138 e. The zero-order valence-corrected chi connectivity index (χ0v) is 11.4. The van der Waals surface area contributed by atoms with Crippen LogP contribution >= 0.6 is 11.6 Å². The van der Waals surface area contributed by atoms with Crippen LogP contribution in [0.25, 0.3) is 0 Å². The van der Waals surface area contributed by atoms with E-state index < -0.39 is 0 Å². The highest BCUT2D eigenvalue weighted by Gasteiger charge is 2.16. The number of halogens is 1. The van der Waals surface area contributed by atoms with E-state index in [0.717, 1.165) is 16.9 Å². The van der Waals surface area contributed by atoms with Gasteiger partial charge in [-0.05, 0) is 12.8 Å². The molecule has 0 amide bonds. The predicted octanol–water partition coefficient (Wildman–Crippen LogP) is 3.15. The van der Waals surface area contributed by atoms with Crippen LogP contribution in [-0.2, 0) is 0 Å². The van der Waals surface area contributed by atoms with Crippen LogP contribution in [0.3, 0.4) is 0 Å². The summed E-state index contributed by atoms with van der Waals surface area (Å²) in [6, 6.07) is 0.104. The molecule has 6 heteroatoms. The molecule has 0 saturated heterocycles. The minimum absolute atomic E-state index is 0.104. The number of rotatable bonds is 4. The lowest BCUT2D eigenvalue weighted by Gasteiger charge is -2.18. The molecule has 1 unspecified atom stereocenters. The number of nitrogens with one attached hydrogen (secondary N) is 2. The summed E-state index contributed by atoms with van der Waals surface area (Å²) in [6.07, 6.45) is 5.11. The molecule has 5 nitrogen and oxygen atoms in total. The van der Waals surface area contributed by atoms with Gasteiger partial charge in [-0.1, -0.05) is 25.4 Å². The molecule has 0 radical (unpaired) electrons. The molecule has 0 bridgehead atoms. The van der Waals surface area contributed by atoms with E-state index in [4.69, 9.17) is 11.6 Å². The fourth-order valence-electron chi connectivity index (χ4n) is 1.79. The van der Waals surface area contributed by atoms with Crippen molar-refractivity contribution in [3.63, 3.8) is 0 Å². The fourth-order valence-corrected chi connectivity index (χ4v) is 2.14. The Labute approximate surface area is 111 Å². The Balaban J connectivity index is 2.26. The minimum Gasteiger partial charge on any atom is -0.363 e. The molecule has 2 aromatic heterocycles. The molecule has 0 aliphatic carbocycles. The summed E-state index contributed by atoms with van der Waals surface area (Å²) in [5.74, 6) is 1.04. The molecule has 0 spiro atoms. The van der Waals surface area contributed by atoms with Gasteiger partial charge in [-0.15, -0.1) is 0 Å². The molecule has 0 saturated carbocycles. The zero-order chi connectivity index (χ0) is 13.1. The van der Waals surface area contributed by atoms with Crippen LogP contribution in [0.15, 0.2) is 18.7 Å². The molecular formula is C12H16ClN5. The van der Waals surface area contributed by atoms with Gasteiger partial charge in [0.2, 0.25) is 0 Å². The monoisotopic (exact) mass is 265 g/mol. The van der Waals surface area contributed by atoms with Crippen molar-refractivity contribution in [2.75, 3.05) is 5.32 Å². The number of hydrogen-bond donors (Lipinski definition) is 2. The number of H-pyrrole nitrogens is 1. The largest absolute Gasteiger partial charge is 0.363 e. The van der Waals surface area contributed by atoms with Crippen molar-refractivity contribution < 1.29 is 0 Å². The Kier molecular flexibility index (Phi) is 3.81. The maximum absolute atomic E-state index is 6.12. The van der Waals surface area contributed by atoms with Crippen molar-refractivity contribution in [3.05, 3.63) is 35.0 Å². The van der Waals surface area contributed by atoms with Crippen LogP contribution in [-0.4, -0.2) is 20.2 Å². The summed E-state index contributed by atoms with van der Waals surface area (Å²) < 4.78 is 0. The first-order chi connectivity index (χ1) is 8.59. The molecule has 2 N–H and O–H groups in total. The van der Waals surface area contributed by atoms with E-state index in [9.17, 15) is 0 Å². The second-order valence-corrected chi connectivity index (χ2v) is 4.84. The zero-order valence-electron chi connectivity index (χ0n) is 10.6. The first-order valence-corrected chi connectivity index (χ1v) is 6.23. The van der Waals surface area contributed by atoms with Crippen molar-refractivity contribution in [2.45, 2.75) is 32.7 Å². The van der Waals surface area contributed by atoms with Crippen LogP contribution in [0.4, 0.5) is 5.82 Å². The van der Waals surface area contributed by atoms with E-state index in [2.05, 4.69) is 39.3 Å². The van der Waals surface area contributed by atoms with E-state index in [-0.39, 0.29) is 12.0 Å². The number of aromatic nitrogens is 4. The summed E-state index contributed by atoms with van der Waals surface area (Å²) >= 11 is 6.12. The second kappa shape index (κ2) is 5.35. The van der Waals surface area contributed by atoms with E-state index >= 15 is 0 Å². The first-order valence-electron chi connectivity index (χ1n) is 5.85. The maximum atomic E-state index is 6.12. The molecule has 0 fully saturated rings. The van der Waals surface area contributed by atoms with Crippen LogP contribution in [0, 0.1) is 0 Å². The molecule has 0 aliphatic rings. The van der Waals surface area contributed by atoms with Gasteiger partial charge >= 0.3 is 0 Å². The van der Waals surface area contributed by atoms with E-state index in [1.807, 2.05) is 13.1 Å². The third-order valence-corrected chi connectivity index (χ3v) is 3.09. The summed E-state index contributed by atoms with van der Waals surface area (Å²) in [7, 11) is 0. The standard InChI is InChI=1S/C12H16ClN5/c1-7(2)10-11(13)14-6-15-12(10)18-8(3)9-4-16-17-5-9/h4-8H,1-3H3,(H,16,17)(H,14,15,18). The van der Waals surface area contributed by atoms with Crippen molar-refractivity contribution in [2.24, 2.45) is 0 Å². The first kappa shape index (κ1) is 12.8. The number of hydrogen-bond acceptors (Lipinski definition) is 4. The lowest BCUT2D eigenvalue weighted by atomic mass is 10.1. The van der Waals surface area contributed by atoms with Gasteiger partial charge < -0.3 is 5.32 Å². The third kappa shape index (κ3) is 2.61. The topological polar surface area (TPSA) is 66.5 Å². The number of anilines is 1. The molecule has 1 atom stereocenters. The lowest BCUT2D eigenvalue weighted by Crippen LogP contribution is -2.11. The van der Waals surface area contributed by atoms with E-state index in [0.29, 0.717) is 5.15 Å². The van der Waals surface area contributed by atoms with Gasteiger partial charge in [0, 0.05) is 17.3 Å². The van der Waals surface area contributed by atoms with Crippen molar-refractivity contribution in [1.29, 1.82) is 0 Å². The molecular weight excluding hydrogens is 250 g/mol. The average Bonchev–Trinajstić information content (AvgIpc) is 2.81. The van der Waals surface area contributed by atoms with Gasteiger partial charge in [-0.2, -0.15) is 5.10 Å². The maximum Gasteiger partial charge on any atom is 0.138 e. The van der Waals surface area contributed by atoms with E-state index in [1.165, 1.54) is 6.33 Å². The third-order valence-electron chi connectivity index (χ3n) is 2.79. The van der Waals surface area contributed by atoms with E-state index in [1.54, 1.807) is 6.20 Å². The highest BCUT2D eigenvalue weighted by Crippen LogP contribution is 2.30. The van der Waals surface area contributed by atoms with Gasteiger partial charge in [0.25, 0.3) is 0 Å². The SMILES string of the molecule is CC(C)c1c(Cl)ncnc1NC(C)c1cn[nH]c1.